The van der Waals surface area contributed by atoms with Gasteiger partial charge >= 0.3 is 0 Å². The lowest BCUT2D eigenvalue weighted by Crippen LogP contribution is -2.01. The highest BCUT2D eigenvalue weighted by Gasteiger charge is 2.30. The smallest absolute Gasteiger partial charge is 0.0818 e. The van der Waals surface area contributed by atoms with Crippen molar-refractivity contribution in [3.05, 3.63) is 34.9 Å². The van der Waals surface area contributed by atoms with Gasteiger partial charge in [-0.15, -0.1) is 0 Å². The van der Waals surface area contributed by atoms with E-state index in [0.717, 1.165) is 12.0 Å². The molecule has 1 unspecified atom stereocenters. The van der Waals surface area contributed by atoms with Crippen LogP contribution in [0.4, 0.5) is 0 Å². The molecule has 2 rings (SSSR count). The van der Waals surface area contributed by atoms with Gasteiger partial charge in [0.1, 0.15) is 0 Å². The van der Waals surface area contributed by atoms with E-state index in [1.807, 2.05) is 0 Å². The third kappa shape index (κ3) is 1.98. The van der Waals surface area contributed by atoms with Gasteiger partial charge in [-0.3, -0.25) is 0 Å². The molecule has 1 saturated carbocycles. The van der Waals surface area contributed by atoms with Crippen LogP contribution in [0.15, 0.2) is 18.2 Å². The van der Waals surface area contributed by atoms with Crippen molar-refractivity contribution >= 4 is 0 Å². The summed E-state index contributed by atoms with van der Waals surface area (Å²) < 4.78 is 0. The first-order chi connectivity index (χ1) is 6.70. The van der Waals surface area contributed by atoms with Crippen molar-refractivity contribution in [1.82, 2.24) is 0 Å². The lowest BCUT2D eigenvalue weighted by Gasteiger charge is -2.12. The molecular weight excluding hydrogens is 172 g/mol. The number of aliphatic hydroxyl groups excluding tert-OH is 1. The highest BCUT2D eigenvalue weighted by atomic mass is 16.3. The number of rotatable bonds is 3. The predicted molar refractivity (Wildman–Crippen MR) is 58.2 cm³/mol. The first-order valence-electron chi connectivity index (χ1n) is 5.49. The molecule has 1 aliphatic carbocycles. The monoisotopic (exact) mass is 190 g/mol. The molecule has 1 nitrogen and oxygen atoms in total. The largest absolute Gasteiger partial charge is 0.388 e. The zero-order chi connectivity index (χ0) is 10.1. The molecule has 1 atom stereocenters. The molecule has 0 amide bonds. The maximum atomic E-state index is 10.0. The number of aryl methyl sites for hydroxylation is 2. The third-order valence-corrected chi connectivity index (χ3v) is 2.98. The van der Waals surface area contributed by atoms with E-state index in [1.54, 1.807) is 0 Å². The molecule has 1 N–H and O–H groups in total. The standard InChI is InChI=1S/C13H18O/c1-3-10-6-9(2)7-12(8-10)13(14)11-4-5-11/h6-8,11,13-14H,3-5H2,1-2H3. The van der Waals surface area contributed by atoms with E-state index in [-0.39, 0.29) is 6.10 Å². The fraction of sp³-hybridized carbons (Fsp3) is 0.538. The molecule has 0 aromatic heterocycles. The molecule has 0 spiro atoms. The maximum absolute atomic E-state index is 10.0. The average Bonchev–Trinajstić information content (AvgIpc) is 2.99. The second-order valence-corrected chi connectivity index (χ2v) is 4.39. The van der Waals surface area contributed by atoms with Crippen LogP contribution in [-0.2, 0) is 6.42 Å². The van der Waals surface area contributed by atoms with Gasteiger partial charge in [0.15, 0.2) is 0 Å². The SMILES string of the molecule is CCc1cc(C)cc(C(O)C2CC2)c1. The quantitative estimate of drug-likeness (QED) is 0.776. The van der Waals surface area contributed by atoms with Crippen LogP contribution in [0.5, 0.6) is 0 Å². The Balaban J connectivity index is 2.27. The molecule has 0 heterocycles. The highest BCUT2D eigenvalue weighted by Crippen LogP contribution is 2.41. The van der Waals surface area contributed by atoms with E-state index in [1.165, 1.54) is 24.0 Å². The molecule has 1 aliphatic rings. The molecule has 1 fully saturated rings. The van der Waals surface area contributed by atoms with Crippen molar-refractivity contribution < 1.29 is 5.11 Å². The van der Waals surface area contributed by atoms with Crippen LogP contribution >= 0.6 is 0 Å². The number of aliphatic hydroxyl groups is 1. The second kappa shape index (κ2) is 3.74. The van der Waals surface area contributed by atoms with Crippen LogP contribution in [0, 0.1) is 12.8 Å². The fourth-order valence-electron chi connectivity index (χ4n) is 1.95. The Bertz CT molecular complexity index is 326. The highest BCUT2D eigenvalue weighted by molar-refractivity contribution is 5.31. The molecule has 76 valence electrons. The molecule has 0 bridgehead atoms. The van der Waals surface area contributed by atoms with Crippen LogP contribution in [-0.4, -0.2) is 5.11 Å². The van der Waals surface area contributed by atoms with Crippen molar-refractivity contribution in [3.63, 3.8) is 0 Å². The Morgan fingerprint density at radius 2 is 2.07 bits per heavy atom. The molecular formula is C13H18O. The summed E-state index contributed by atoms with van der Waals surface area (Å²) in [4.78, 5) is 0. The summed E-state index contributed by atoms with van der Waals surface area (Å²) in [5.41, 5.74) is 3.71. The van der Waals surface area contributed by atoms with Gasteiger partial charge in [0.2, 0.25) is 0 Å². The van der Waals surface area contributed by atoms with E-state index in [0.29, 0.717) is 5.92 Å². The summed E-state index contributed by atoms with van der Waals surface area (Å²) in [7, 11) is 0. The second-order valence-electron chi connectivity index (χ2n) is 4.39. The molecule has 1 heteroatoms. The lowest BCUT2D eigenvalue weighted by molar-refractivity contribution is 0.153. The van der Waals surface area contributed by atoms with Gasteiger partial charge in [-0.1, -0.05) is 30.7 Å². The van der Waals surface area contributed by atoms with Crippen LogP contribution in [0.3, 0.4) is 0 Å². The minimum absolute atomic E-state index is 0.222. The van der Waals surface area contributed by atoms with Crippen molar-refractivity contribution in [3.8, 4) is 0 Å². The Labute approximate surface area is 85.8 Å². The zero-order valence-electron chi connectivity index (χ0n) is 8.96. The number of benzene rings is 1. The Kier molecular flexibility index (Phi) is 2.60. The molecule has 1 aromatic carbocycles. The van der Waals surface area contributed by atoms with Gasteiger partial charge in [-0.25, -0.2) is 0 Å². The average molecular weight is 190 g/mol. The molecule has 0 aliphatic heterocycles. The normalized spacial score (nSPS) is 18.2. The van der Waals surface area contributed by atoms with Crippen LogP contribution < -0.4 is 0 Å². The van der Waals surface area contributed by atoms with Crippen molar-refractivity contribution in [2.75, 3.05) is 0 Å². The minimum Gasteiger partial charge on any atom is -0.388 e. The van der Waals surface area contributed by atoms with E-state index in [4.69, 9.17) is 0 Å². The van der Waals surface area contributed by atoms with Gasteiger partial charge in [0.05, 0.1) is 6.10 Å². The predicted octanol–water partition coefficient (Wildman–Crippen LogP) is 3.00. The number of hydrogen-bond acceptors (Lipinski definition) is 1. The number of hydrogen-bond donors (Lipinski definition) is 1. The maximum Gasteiger partial charge on any atom is 0.0818 e. The van der Waals surface area contributed by atoms with Crippen LogP contribution in [0.25, 0.3) is 0 Å². The van der Waals surface area contributed by atoms with Crippen LogP contribution in [0.1, 0.15) is 42.6 Å². The summed E-state index contributed by atoms with van der Waals surface area (Å²) in [6.07, 6.45) is 3.21. The first-order valence-corrected chi connectivity index (χ1v) is 5.49. The summed E-state index contributed by atoms with van der Waals surface area (Å²) in [5, 5.41) is 10.0. The van der Waals surface area contributed by atoms with E-state index >= 15 is 0 Å². The minimum atomic E-state index is -0.222. The fourth-order valence-corrected chi connectivity index (χ4v) is 1.95. The third-order valence-electron chi connectivity index (χ3n) is 2.98. The topological polar surface area (TPSA) is 20.2 Å². The van der Waals surface area contributed by atoms with Gasteiger partial charge in [-0.2, -0.15) is 0 Å². The summed E-state index contributed by atoms with van der Waals surface area (Å²) in [5.74, 6) is 0.529. The van der Waals surface area contributed by atoms with Gasteiger partial charge in [-0.05, 0) is 43.2 Å². The van der Waals surface area contributed by atoms with Crippen LogP contribution in [0.2, 0.25) is 0 Å². The first kappa shape index (κ1) is 9.72. The van der Waals surface area contributed by atoms with E-state index in [2.05, 4.69) is 32.0 Å². The molecule has 14 heavy (non-hydrogen) atoms. The Morgan fingerprint density at radius 3 is 2.64 bits per heavy atom. The summed E-state index contributed by atoms with van der Waals surface area (Å²) >= 11 is 0. The van der Waals surface area contributed by atoms with Crippen molar-refractivity contribution in [2.45, 2.75) is 39.2 Å². The van der Waals surface area contributed by atoms with Gasteiger partial charge < -0.3 is 5.11 Å². The van der Waals surface area contributed by atoms with Gasteiger partial charge in [0.25, 0.3) is 0 Å². The summed E-state index contributed by atoms with van der Waals surface area (Å²) in [6.45, 7) is 4.25. The van der Waals surface area contributed by atoms with Crippen molar-refractivity contribution in [1.29, 1.82) is 0 Å². The van der Waals surface area contributed by atoms with E-state index in [9.17, 15) is 5.11 Å². The van der Waals surface area contributed by atoms with E-state index < -0.39 is 0 Å². The summed E-state index contributed by atoms with van der Waals surface area (Å²) in [6, 6.07) is 6.46. The zero-order valence-corrected chi connectivity index (χ0v) is 8.96. The molecule has 1 aromatic rings. The lowest BCUT2D eigenvalue weighted by atomic mass is 9.99. The van der Waals surface area contributed by atoms with Gasteiger partial charge in [0, 0.05) is 0 Å². The molecule has 0 saturated heterocycles. The Morgan fingerprint density at radius 1 is 1.36 bits per heavy atom. The molecule has 0 radical (unpaired) electrons. The van der Waals surface area contributed by atoms with Crippen molar-refractivity contribution in [2.24, 2.45) is 5.92 Å². The Hall–Kier alpha value is -0.820.